The van der Waals surface area contributed by atoms with Crippen LogP contribution >= 0.6 is 0 Å². The maximum Gasteiger partial charge on any atom is 0.227 e. The molecule has 1 unspecified atom stereocenters. The molecular weight excluding hydrogens is 278 g/mol. The molecule has 2 heterocycles. The molecule has 5 nitrogen and oxygen atoms in total. The number of aryl methyl sites for hydroxylation is 1. The topological polar surface area (TPSA) is 59.2 Å². The summed E-state index contributed by atoms with van der Waals surface area (Å²) in [5, 5.41) is 3.98. The van der Waals surface area contributed by atoms with Crippen LogP contribution in [0.25, 0.3) is 11.4 Å². The van der Waals surface area contributed by atoms with Crippen LogP contribution in [0.3, 0.4) is 0 Å². The average Bonchev–Trinajstić information content (AvgIpc) is 3.02. The summed E-state index contributed by atoms with van der Waals surface area (Å²) in [4.78, 5) is 18.6. The van der Waals surface area contributed by atoms with Crippen LogP contribution in [0, 0.1) is 5.92 Å². The molecule has 1 amide bonds. The molecule has 1 atom stereocenters. The lowest BCUT2D eigenvalue weighted by Gasteiger charge is -2.30. The van der Waals surface area contributed by atoms with E-state index in [1.807, 2.05) is 35.2 Å². The second-order valence-electron chi connectivity index (χ2n) is 5.96. The number of hydrogen-bond acceptors (Lipinski definition) is 4. The van der Waals surface area contributed by atoms with Gasteiger partial charge in [0.15, 0.2) is 0 Å². The molecule has 22 heavy (non-hydrogen) atoms. The van der Waals surface area contributed by atoms with Gasteiger partial charge in [-0.05, 0) is 18.8 Å². The molecule has 0 radical (unpaired) electrons. The summed E-state index contributed by atoms with van der Waals surface area (Å²) >= 11 is 0. The fourth-order valence-corrected chi connectivity index (χ4v) is 2.85. The van der Waals surface area contributed by atoms with Crippen molar-refractivity contribution in [2.24, 2.45) is 5.92 Å². The van der Waals surface area contributed by atoms with Gasteiger partial charge in [0.2, 0.25) is 17.6 Å². The van der Waals surface area contributed by atoms with E-state index in [4.69, 9.17) is 4.52 Å². The Morgan fingerprint density at radius 2 is 2.18 bits per heavy atom. The van der Waals surface area contributed by atoms with Crippen LogP contribution < -0.4 is 0 Å². The summed E-state index contributed by atoms with van der Waals surface area (Å²) in [6, 6.07) is 9.70. The number of rotatable bonds is 4. The van der Waals surface area contributed by atoms with Crippen molar-refractivity contribution in [3.05, 3.63) is 36.2 Å². The quantitative estimate of drug-likeness (QED) is 0.871. The predicted molar refractivity (Wildman–Crippen MR) is 83.0 cm³/mol. The summed E-state index contributed by atoms with van der Waals surface area (Å²) in [6.07, 6.45) is 3.26. The summed E-state index contributed by atoms with van der Waals surface area (Å²) in [6.45, 7) is 3.95. The fraction of sp³-hybridized carbons (Fsp3) is 0.471. The Labute approximate surface area is 130 Å². The van der Waals surface area contributed by atoms with Crippen molar-refractivity contribution < 1.29 is 9.32 Å². The molecule has 3 rings (SSSR count). The number of aromatic nitrogens is 2. The van der Waals surface area contributed by atoms with Gasteiger partial charge in [-0.2, -0.15) is 4.98 Å². The third-order valence-corrected chi connectivity index (χ3v) is 4.06. The largest absolute Gasteiger partial charge is 0.342 e. The molecule has 0 bridgehead atoms. The number of likely N-dealkylation sites (tertiary alicyclic amines) is 1. The van der Waals surface area contributed by atoms with E-state index >= 15 is 0 Å². The molecule has 0 N–H and O–H groups in total. The van der Waals surface area contributed by atoms with Crippen molar-refractivity contribution in [1.29, 1.82) is 0 Å². The third-order valence-electron chi connectivity index (χ3n) is 4.06. The Hall–Kier alpha value is -2.17. The molecule has 5 heteroatoms. The van der Waals surface area contributed by atoms with Gasteiger partial charge < -0.3 is 9.42 Å². The minimum Gasteiger partial charge on any atom is -0.342 e. The molecule has 116 valence electrons. The van der Waals surface area contributed by atoms with E-state index in [0.717, 1.165) is 25.1 Å². The van der Waals surface area contributed by atoms with Crippen molar-refractivity contribution >= 4 is 5.91 Å². The molecular formula is C17H21N3O2. The van der Waals surface area contributed by atoms with E-state index in [2.05, 4.69) is 17.1 Å². The number of amides is 1. The smallest absolute Gasteiger partial charge is 0.227 e. The second-order valence-corrected chi connectivity index (χ2v) is 5.96. The first-order chi connectivity index (χ1) is 10.7. The van der Waals surface area contributed by atoms with Gasteiger partial charge in [0.05, 0.1) is 0 Å². The first kappa shape index (κ1) is 14.8. The van der Waals surface area contributed by atoms with Gasteiger partial charge in [-0.25, -0.2) is 0 Å². The lowest BCUT2D eigenvalue weighted by atomic mass is 10.00. The van der Waals surface area contributed by atoms with Gasteiger partial charge >= 0.3 is 0 Å². The summed E-state index contributed by atoms with van der Waals surface area (Å²) < 4.78 is 5.25. The van der Waals surface area contributed by atoms with Crippen LogP contribution in [-0.2, 0) is 11.2 Å². The molecule has 0 aliphatic carbocycles. The highest BCUT2D eigenvalue weighted by atomic mass is 16.5. The number of piperidine rings is 1. The van der Waals surface area contributed by atoms with Crippen molar-refractivity contribution in [2.75, 3.05) is 13.1 Å². The summed E-state index contributed by atoms with van der Waals surface area (Å²) in [5.74, 6) is 1.89. The van der Waals surface area contributed by atoms with E-state index in [0.29, 0.717) is 30.5 Å². The molecule has 1 fully saturated rings. The number of nitrogens with zero attached hydrogens (tertiary/aromatic N) is 3. The molecule has 1 aliphatic heterocycles. The Morgan fingerprint density at radius 1 is 1.36 bits per heavy atom. The zero-order valence-corrected chi connectivity index (χ0v) is 12.9. The predicted octanol–water partition coefficient (Wildman–Crippen LogP) is 2.93. The fourth-order valence-electron chi connectivity index (χ4n) is 2.85. The first-order valence-electron chi connectivity index (χ1n) is 7.88. The van der Waals surface area contributed by atoms with Gasteiger partial charge in [-0.15, -0.1) is 0 Å². The van der Waals surface area contributed by atoms with Crippen molar-refractivity contribution in [3.8, 4) is 11.4 Å². The zero-order chi connectivity index (χ0) is 15.4. The van der Waals surface area contributed by atoms with E-state index < -0.39 is 0 Å². The summed E-state index contributed by atoms with van der Waals surface area (Å²) in [7, 11) is 0. The van der Waals surface area contributed by atoms with Gasteiger partial charge in [0, 0.05) is 31.5 Å². The summed E-state index contributed by atoms with van der Waals surface area (Å²) in [5.41, 5.74) is 0.925. The molecule has 0 spiro atoms. The molecule has 1 aromatic heterocycles. The highest BCUT2D eigenvalue weighted by molar-refractivity contribution is 5.76. The van der Waals surface area contributed by atoms with Gasteiger partial charge in [0.25, 0.3) is 0 Å². The second kappa shape index (κ2) is 6.73. The van der Waals surface area contributed by atoms with E-state index in [-0.39, 0.29) is 5.91 Å². The maximum absolute atomic E-state index is 12.2. The Bertz CT molecular complexity index is 624. The minimum absolute atomic E-state index is 0.186. The number of benzene rings is 1. The van der Waals surface area contributed by atoms with E-state index in [1.165, 1.54) is 6.42 Å². The van der Waals surface area contributed by atoms with Crippen molar-refractivity contribution in [1.82, 2.24) is 15.0 Å². The molecule has 0 saturated carbocycles. The van der Waals surface area contributed by atoms with E-state index in [9.17, 15) is 4.79 Å². The lowest BCUT2D eigenvalue weighted by molar-refractivity contribution is -0.132. The van der Waals surface area contributed by atoms with Gasteiger partial charge in [0.1, 0.15) is 0 Å². The lowest BCUT2D eigenvalue weighted by Crippen LogP contribution is -2.39. The normalized spacial score (nSPS) is 18.4. The van der Waals surface area contributed by atoms with Crippen molar-refractivity contribution in [2.45, 2.75) is 32.6 Å². The Morgan fingerprint density at radius 3 is 2.95 bits per heavy atom. The number of carbonyl (C=O) groups excluding carboxylic acids is 1. The van der Waals surface area contributed by atoms with Crippen LogP contribution in [0.4, 0.5) is 0 Å². The van der Waals surface area contributed by atoms with Crippen LogP contribution in [-0.4, -0.2) is 34.0 Å². The van der Waals surface area contributed by atoms with Crippen LogP contribution in [0.2, 0.25) is 0 Å². The molecule has 1 saturated heterocycles. The first-order valence-corrected chi connectivity index (χ1v) is 7.88. The van der Waals surface area contributed by atoms with E-state index in [1.54, 1.807) is 0 Å². The highest BCUT2D eigenvalue weighted by Crippen LogP contribution is 2.18. The maximum atomic E-state index is 12.2. The molecule has 1 aromatic carbocycles. The standard InChI is InChI=1S/C17H21N3O2/c1-13-6-5-11-20(12-13)16(21)10-9-15-18-17(19-22-15)14-7-3-2-4-8-14/h2-4,7-8,13H,5-6,9-12H2,1H3. The SMILES string of the molecule is CC1CCCN(C(=O)CCc2nc(-c3ccccc3)no2)C1. The van der Waals surface area contributed by atoms with Crippen LogP contribution in [0.1, 0.15) is 32.1 Å². The Kier molecular flexibility index (Phi) is 4.51. The van der Waals surface area contributed by atoms with Gasteiger partial charge in [-0.1, -0.05) is 42.4 Å². The minimum atomic E-state index is 0.186. The average molecular weight is 299 g/mol. The van der Waals surface area contributed by atoms with Crippen LogP contribution in [0.5, 0.6) is 0 Å². The number of carbonyl (C=O) groups is 1. The molecule has 1 aliphatic rings. The molecule has 2 aromatic rings. The highest BCUT2D eigenvalue weighted by Gasteiger charge is 2.21. The Balaban J connectivity index is 1.56. The monoisotopic (exact) mass is 299 g/mol. The van der Waals surface area contributed by atoms with Crippen LogP contribution in [0.15, 0.2) is 34.9 Å². The zero-order valence-electron chi connectivity index (χ0n) is 12.9. The third kappa shape index (κ3) is 3.53. The van der Waals surface area contributed by atoms with Gasteiger partial charge in [-0.3, -0.25) is 4.79 Å². The van der Waals surface area contributed by atoms with Crippen molar-refractivity contribution in [3.63, 3.8) is 0 Å². The number of hydrogen-bond donors (Lipinski definition) is 0.